The van der Waals surface area contributed by atoms with E-state index in [0.29, 0.717) is 0 Å². The van der Waals surface area contributed by atoms with Crippen LogP contribution in [0.4, 0.5) is 0 Å². The highest BCUT2D eigenvalue weighted by molar-refractivity contribution is 5.62. The van der Waals surface area contributed by atoms with Gasteiger partial charge in [0, 0.05) is 31.4 Å². The third-order valence-electron chi connectivity index (χ3n) is 3.43. The van der Waals surface area contributed by atoms with Gasteiger partial charge in [0.2, 0.25) is 0 Å². The number of hydrogen-bond acceptors (Lipinski definition) is 3. The summed E-state index contributed by atoms with van der Waals surface area (Å²) in [5.74, 6) is 0. The van der Waals surface area contributed by atoms with Crippen molar-refractivity contribution in [2.75, 3.05) is 26.7 Å². The maximum absolute atomic E-state index is 3.79. The van der Waals surface area contributed by atoms with Crippen molar-refractivity contribution in [3.63, 3.8) is 0 Å². The van der Waals surface area contributed by atoms with Gasteiger partial charge in [-0.2, -0.15) is 0 Å². The summed E-state index contributed by atoms with van der Waals surface area (Å²) in [5, 5.41) is 6.90. The first-order chi connectivity index (χ1) is 11.2. The van der Waals surface area contributed by atoms with Gasteiger partial charge in [-0.15, -0.1) is 5.73 Å². The van der Waals surface area contributed by atoms with Crippen LogP contribution in [0.15, 0.2) is 67.2 Å². The molecule has 0 fully saturated rings. The van der Waals surface area contributed by atoms with Crippen LogP contribution in [0.2, 0.25) is 0 Å². The van der Waals surface area contributed by atoms with E-state index >= 15 is 0 Å². The molecule has 124 valence electrons. The zero-order chi connectivity index (χ0) is 16.9. The van der Waals surface area contributed by atoms with Gasteiger partial charge in [-0.3, -0.25) is 0 Å². The zero-order valence-corrected chi connectivity index (χ0v) is 14.4. The van der Waals surface area contributed by atoms with Crippen molar-refractivity contribution in [3.8, 4) is 0 Å². The molecule has 0 heterocycles. The monoisotopic (exact) mass is 311 g/mol. The second-order valence-electron chi connectivity index (χ2n) is 5.36. The molecule has 0 unspecified atom stereocenters. The predicted molar refractivity (Wildman–Crippen MR) is 101 cm³/mol. The Morgan fingerprint density at radius 2 is 1.91 bits per heavy atom. The molecule has 1 aromatic carbocycles. The number of nitrogens with one attached hydrogen (secondary N) is 2. The van der Waals surface area contributed by atoms with Gasteiger partial charge in [0.1, 0.15) is 0 Å². The van der Waals surface area contributed by atoms with E-state index in [9.17, 15) is 0 Å². The van der Waals surface area contributed by atoms with Crippen LogP contribution in [0.3, 0.4) is 0 Å². The number of likely N-dealkylation sites (N-methyl/N-ethyl adjacent to an activating group) is 1. The number of hydrogen-bond donors (Lipinski definition) is 2. The fourth-order valence-electron chi connectivity index (χ4n) is 2.19. The average Bonchev–Trinajstić information content (AvgIpc) is 2.58. The normalized spacial score (nSPS) is 10.6. The molecule has 0 saturated carbocycles. The summed E-state index contributed by atoms with van der Waals surface area (Å²) in [6.07, 6.45) is 6.13. The Kier molecular flexibility index (Phi) is 9.11. The number of rotatable bonds is 11. The number of allylic oxidation sites excluding steroid dienone is 1. The molecule has 3 heteroatoms. The van der Waals surface area contributed by atoms with Crippen molar-refractivity contribution >= 4 is 5.70 Å². The molecule has 0 saturated heterocycles. The highest BCUT2D eigenvalue weighted by Gasteiger charge is 2.00. The average molecular weight is 311 g/mol. The van der Waals surface area contributed by atoms with Crippen molar-refractivity contribution in [2.24, 2.45) is 0 Å². The molecule has 0 spiro atoms. The fourth-order valence-corrected chi connectivity index (χ4v) is 2.19. The van der Waals surface area contributed by atoms with Gasteiger partial charge in [-0.1, -0.05) is 56.5 Å². The van der Waals surface area contributed by atoms with Gasteiger partial charge in [0.05, 0.1) is 12.2 Å². The van der Waals surface area contributed by atoms with Gasteiger partial charge in [-0.05, 0) is 19.0 Å². The van der Waals surface area contributed by atoms with E-state index in [1.165, 1.54) is 5.70 Å². The van der Waals surface area contributed by atoms with Crippen molar-refractivity contribution in [1.82, 2.24) is 15.5 Å². The minimum Gasteiger partial charge on any atom is -0.387 e. The molecular weight excluding hydrogens is 282 g/mol. The van der Waals surface area contributed by atoms with Crippen LogP contribution in [0.1, 0.15) is 25.3 Å². The van der Waals surface area contributed by atoms with E-state index < -0.39 is 0 Å². The third kappa shape index (κ3) is 7.44. The molecule has 0 aliphatic carbocycles. The van der Waals surface area contributed by atoms with E-state index in [-0.39, 0.29) is 0 Å². The molecule has 2 N–H and O–H groups in total. The first kappa shape index (κ1) is 18.7. The van der Waals surface area contributed by atoms with E-state index in [1.54, 1.807) is 0 Å². The van der Waals surface area contributed by atoms with Crippen LogP contribution in [0, 0.1) is 0 Å². The number of nitrogens with zero attached hydrogens (tertiary/aromatic N) is 1. The zero-order valence-electron chi connectivity index (χ0n) is 14.4. The smallest absolute Gasteiger partial charge is 0.0841 e. The summed E-state index contributed by atoms with van der Waals surface area (Å²) in [6, 6.07) is 10.2. The quantitative estimate of drug-likeness (QED) is 0.481. The maximum atomic E-state index is 3.79. The van der Waals surface area contributed by atoms with Crippen LogP contribution in [0.5, 0.6) is 0 Å². The summed E-state index contributed by atoms with van der Waals surface area (Å²) in [6.45, 7) is 12.4. The van der Waals surface area contributed by atoms with Crippen LogP contribution < -0.4 is 10.6 Å². The lowest BCUT2D eigenvalue weighted by Crippen LogP contribution is -2.26. The molecule has 23 heavy (non-hydrogen) atoms. The van der Waals surface area contributed by atoms with Gasteiger partial charge >= 0.3 is 0 Å². The third-order valence-corrected chi connectivity index (χ3v) is 3.43. The van der Waals surface area contributed by atoms with Gasteiger partial charge in [0.25, 0.3) is 0 Å². The molecule has 1 rings (SSSR count). The topological polar surface area (TPSA) is 27.3 Å². The SMILES string of the molecule is C=C=C(NCCCN/C(=C/CC)CN(C)C=C)c1ccccc1. The van der Waals surface area contributed by atoms with Gasteiger partial charge in [-0.25, -0.2) is 0 Å². The first-order valence-electron chi connectivity index (χ1n) is 8.16. The summed E-state index contributed by atoms with van der Waals surface area (Å²) in [5.41, 5.74) is 6.31. The Morgan fingerprint density at radius 1 is 1.22 bits per heavy atom. The molecule has 3 nitrogen and oxygen atoms in total. The largest absolute Gasteiger partial charge is 0.387 e. The Balaban J connectivity index is 2.34. The Hall–Kier alpha value is -2.38. The molecular formula is C20H29N3. The highest BCUT2D eigenvalue weighted by atomic mass is 15.1. The first-order valence-corrected chi connectivity index (χ1v) is 8.16. The summed E-state index contributed by atoms with van der Waals surface area (Å²) in [7, 11) is 2.03. The van der Waals surface area contributed by atoms with Crippen molar-refractivity contribution < 1.29 is 0 Å². The van der Waals surface area contributed by atoms with Crippen molar-refractivity contribution in [1.29, 1.82) is 0 Å². The lowest BCUT2D eigenvalue weighted by atomic mass is 10.1. The molecule has 0 aliphatic rings. The Bertz CT molecular complexity index is 539. The summed E-state index contributed by atoms with van der Waals surface area (Å²) >= 11 is 0. The van der Waals surface area contributed by atoms with Crippen LogP contribution >= 0.6 is 0 Å². The molecule has 0 atom stereocenters. The molecule has 0 aromatic heterocycles. The lowest BCUT2D eigenvalue weighted by Gasteiger charge is -2.18. The van der Waals surface area contributed by atoms with E-state index in [2.05, 4.69) is 59.6 Å². The van der Waals surface area contributed by atoms with Crippen molar-refractivity contribution in [2.45, 2.75) is 19.8 Å². The van der Waals surface area contributed by atoms with E-state index in [4.69, 9.17) is 0 Å². The van der Waals surface area contributed by atoms with E-state index in [0.717, 1.165) is 43.7 Å². The summed E-state index contributed by atoms with van der Waals surface area (Å²) < 4.78 is 0. The second-order valence-corrected chi connectivity index (χ2v) is 5.36. The minimum absolute atomic E-state index is 0.868. The molecule has 0 aliphatic heterocycles. The van der Waals surface area contributed by atoms with E-state index in [1.807, 2.05) is 31.4 Å². The second kappa shape index (κ2) is 11.2. The van der Waals surface area contributed by atoms with Crippen LogP contribution in [-0.4, -0.2) is 31.6 Å². The predicted octanol–water partition coefficient (Wildman–Crippen LogP) is 3.75. The maximum Gasteiger partial charge on any atom is 0.0841 e. The standard InChI is InChI=1S/C20H29N3/c1-5-12-19(17-23(4)7-3)21-15-11-16-22-20(6-2)18-13-9-8-10-14-18/h7-10,12-14,21-22H,2-3,5,11,15-17H2,1,4H3/b19-12+. The summed E-state index contributed by atoms with van der Waals surface area (Å²) in [4.78, 5) is 2.07. The van der Waals surface area contributed by atoms with Gasteiger partial charge in [0.15, 0.2) is 0 Å². The van der Waals surface area contributed by atoms with Crippen LogP contribution in [0.25, 0.3) is 5.70 Å². The Morgan fingerprint density at radius 3 is 2.52 bits per heavy atom. The fraction of sp³-hybridized carbons (Fsp3) is 0.350. The number of benzene rings is 1. The molecule has 1 aromatic rings. The molecule has 0 amide bonds. The van der Waals surface area contributed by atoms with Gasteiger partial charge < -0.3 is 15.5 Å². The molecule has 0 radical (unpaired) electrons. The molecule has 0 bridgehead atoms. The lowest BCUT2D eigenvalue weighted by molar-refractivity contribution is 0.478. The highest BCUT2D eigenvalue weighted by Crippen LogP contribution is 2.08. The Labute approximate surface area is 141 Å². The van der Waals surface area contributed by atoms with Crippen molar-refractivity contribution in [3.05, 3.63) is 72.8 Å². The minimum atomic E-state index is 0.868. The van der Waals surface area contributed by atoms with Crippen LogP contribution in [-0.2, 0) is 0 Å².